The van der Waals surface area contributed by atoms with E-state index in [-0.39, 0.29) is 25.3 Å². The molecule has 0 aliphatic carbocycles. The van der Waals surface area contributed by atoms with Gasteiger partial charge in [0.05, 0.1) is 18.2 Å². The number of amides is 1. The lowest BCUT2D eigenvalue weighted by Gasteiger charge is -2.17. The number of carbonyl (C=O) groups excluding carboxylic acids is 1. The van der Waals surface area contributed by atoms with Crippen LogP contribution in [0.25, 0.3) is 0 Å². The van der Waals surface area contributed by atoms with E-state index >= 15 is 0 Å². The number of nitrogens with zero attached hydrogens (tertiary/aromatic N) is 2. The van der Waals surface area contributed by atoms with Crippen LogP contribution in [0.1, 0.15) is 12.0 Å². The Hall–Kier alpha value is -1.94. The summed E-state index contributed by atoms with van der Waals surface area (Å²) < 4.78 is 34.0. The highest BCUT2D eigenvalue weighted by atomic mass is 32.3. The molecule has 1 aromatic carbocycles. The van der Waals surface area contributed by atoms with Crippen LogP contribution in [-0.2, 0) is 21.4 Å². The maximum absolute atomic E-state index is 12.7. The Morgan fingerprint density at radius 1 is 1.45 bits per heavy atom. The minimum Gasteiger partial charge on any atom is -0.312 e. The number of benzene rings is 1. The number of hydrogen-bond donors (Lipinski definition) is 0. The van der Waals surface area contributed by atoms with Gasteiger partial charge in [0.25, 0.3) is 0 Å². The molecule has 0 N–H and O–H groups in total. The molecule has 1 aromatic rings. The average molecular weight is 296 g/mol. The number of carbonyl (C=O) groups is 1. The van der Waals surface area contributed by atoms with Gasteiger partial charge in [-0.1, -0.05) is 12.1 Å². The first-order valence-corrected chi connectivity index (χ1v) is 7.63. The molecule has 1 saturated heterocycles. The van der Waals surface area contributed by atoms with Gasteiger partial charge in [0, 0.05) is 24.6 Å². The Labute approximate surface area is 116 Å². The van der Waals surface area contributed by atoms with Crippen LogP contribution >= 0.6 is 0 Å². The molecule has 106 valence electrons. The van der Waals surface area contributed by atoms with Gasteiger partial charge in [-0.15, -0.1) is 3.89 Å². The number of rotatable bonds is 4. The maximum Gasteiger partial charge on any atom is 0.302 e. The van der Waals surface area contributed by atoms with Crippen LogP contribution in [0.15, 0.2) is 24.3 Å². The topological polar surface area (TPSA) is 78.2 Å². The molecule has 0 radical (unpaired) electrons. The molecule has 0 saturated carbocycles. The zero-order valence-electron chi connectivity index (χ0n) is 10.6. The van der Waals surface area contributed by atoms with E-state index in [9.17, 15) is 17.1 Å². The monoisotopic (exact) mass is 296 g/mol. The van der Waals surface area contributed by atoms with E-state index in [1.54, 1.807) is 24.3 Å². The van der Waals surface area contributed by atoms with Gasteiger partial charge in [0.1, 0.15) is 0 Å². The lowest BCUT2D eigenvalue weighted by molar-refractivity contribution is -0.117. The molecule has 5 nitrogen and oxygen atoms in total. The molecular formula is C13H13FN2O3S. The zero-order valence-corrected chi connectivity index (χ0v) is 11.4. The predicted molar refractivity (Wildman–Crippen MR) is 71.1 cm³/mol. The highest BCUT2D eigenvalue weighted by Crippen LogP contribution is 2.27. The largest absolute Gasteiger partial charge is 0.312 e. The molecule has 2 rings (SSSR count). The Morgan fingerprint density at radius 2 is 2.20 bits per heavy atom. The fraction of sp³-hybridized carbons (Fsp3) is 0.385. The van der Waals surface area contributed by atoms with Crippen molar-refractivity contribution in [2.75, 3.05) is 17.2 Å². The van der Waals surface area contributed by atoms with Gasteiger partial charge in [-0.05, 0) is 17.7 Å². The second-order valence-corrected chi connectivity index (χ2v) is 6.20. The summed E-state index contributed by atoms with van der Waals surface area (Å²) in [7, 11) is -4.58. The number of hydrogen-bond acceptors (Lipinski definition) is 4. The van der Waals surface area contributed by atoms with Crippen LogP contribution < -0.4 is 4.90 Å². The third kappa shape index (κ3) is 3.54. The predicted octanol–water partition coefficient (Wildman–Crippen LogP) is 1.40. The number of halogens is 1. The molecule has 1 heterocycles. The molecule has 20 heavy (non-hydrogen) atoms. The van der Waals surface area contributed by atoms with Gasteiger partial charge < -0.3 is 4.90 Å². The van der Waals surface area contributed by atoms with Crippen molar-refractivity contribution in [1.82, 2.24) is 0 Å². The standard InChI is InChI=1S/C13H13FN2O3S/c14-20(18,19)9-11-7-13(17)16(8-11)12-3-1-2-10(6-12)4-5-15/h1-3,6,11H,4,7-9H2. The Kier molecular flexibility index (Phi) is 4.04. The molecule has 0 aromatic heterocycles. The summed E-state index contributed by atoms with van der Waals surface area (Å²) >= 11 is 0. The van der Waals surface area contributed by atoms with Crippen LogP contribution in [0.3, 0.4) is 0 Å². The third-order valence-corrected chi connectivity index (χ3v) is 4.01. The first-order chi connectivity index (χ1) is 9.39. The van der Waals surface area contributed by atoms with Gasteiger partial charge in [-0.3, -0.25) is 4.79 Å². The van der Waals surface area contributed by atoms with Gasteiger partial charge >= 0.3 is 10.2 Å². The molecule has 7 heteroatoms. The van der Waals surface area contributed by atoms with Gasteiger partial charge in [0.15, 0.2) is 0 Å². The molecular weight excluding hydrogens is 283 g/mol. The second-order valence-electron chi connectivity index (χ2n) is 4.78. The van der Waals surface area contributed by atoms with Crippen molar-refractivity contribution >= 4 is 21.8 Å². The van der Waals surface area contributed by atoms with E-state index in [0.29, 0.717) is 5.69 Å². The van der Waals surface area contributed by atoms with Crippen molar-refractivity contribution in [3.8, 4) is 6.07 Å². The summed E-state index contributed by atoms with van der Waals surface area (Å²) in [5.74, 6) is -1.39. The van der Waals surface area contributed by atoms with Crippen molar-refractivity contribution < 1.29 is 17.1 Å². The average Bonchev–Trinajstić information content (AvgIpc) is 2.68. The highest BCUT2D eigenvalue weighted by Gasteiger charge is 2.33. The van der Waals surface area contributed by atoms with Crippen molar-refractivity contribution in [2.24, 2.45) is 5.92 Å². The van der Waals surface area contributed by atoms with E-state index in [0.717, 1.165) is 5.56 Å². The fourth-order valence-corrected chi connectivity index (χ4v) is 3.14. The van der Waals surface area contributed by atoms with Gasteiger partial charge in [-0.2, -0.15) is 13.7 Å². The summed E-state index contributed by atoms with van der Waals surface area (Å²) in [5.41, 5.74) is 1.39. The van der Waals surface area contributed by atoms with Gasteiger partial charge in [0.2, 0.25) is 5.91 Å². The molecule has 1 amide bonds. The third-order valence-electron chi connectivity index (χ3n) is 3.15. The van der Waals surface area contributed by atoms with Crippen LogP contribution in [0.4, 0.5) is 9.57 Å². The smallest absolute Gasteiger partial charge is 0.302 e. The minimum atomic E-state index is -4.58. The lowest BCUT2D eigenvalue weighted by atomic mass is 10.1. The van der Waals surface area contributed by atoms with E-state index in [1.165, 1.54) is 4.90 Å². The van der Waals surface area contributed by atoms with Gasteiger partial charge in [-0.25, -0.2) is 0 Å². The molecule has 0 bridgehead atoms. The Bertz CT molecular complexity index is 666. The first kappa shape index (κ1) is 14.5. The quantitative estimate of drug-likeness (QED) is 0.787. The van der Waals surface area contributed by atoms with Crippen LogP contribution in [0.5, 0.6) is 0 Å². The van der Waals surface area contributed by atoms with E-state index in [2.05, 4.69) is 0 Å². The summed E-state index contributed by atoms with van der Waals surface area (Å²) in [4.78, 5) is 13.3. The molecule has 0 spiro atoms. The molecule has 1 aliphatic heterocycles. The van der Waals surface area contributed by atoms with E-state index in [1.807, 2.05) is 6.07 Å². The first-order valence-electron chi connectivity index (χ1n) is 6.07. The SMILES string of the molecule is N#CCc1cccc(N2CC(CS(=O)(=O)F)CC2=O)c1. The summed E-state index contributed by atoms with van der Waals surface area (Å²) in [6.07, 6.45) is 0.254. The van der Waals surface area contributed by atoms with Crippen molar-refractivity contribution in [3.05, 3.63) is 29.8 Å². The normalized spacial score (nSPS) is 19.1. The molecule has 1 aliphatic rings. The molecule has 1 fully saturated rings. The van der Waals surface area contributed by atoms with Crippen LogP contribution in [-0.4, -0.2) is 26.6 Å². The molecule has 1 unspecified atom stereocenters. The second kappa shape index (κ2) is 5.59. The summed E-state index contributed by atoms with van der Waals surface area (Å²) in [6.45, 7) is 0.179. The number of anilines is 1. The molecule has 1 atom stereocenters. The van der Waals surface area contributed by atoms with E-state index < -0.39 is 21.9 Å². The summed E-state index contributed by atoms with van der Waals surface area (Å²) in [6, 6.07) is 8.95. The van der Waals surface area contributed by atoms with Crippen LogP contribution in [0.2, 0.25) is 0 Å². The zero-order chi connectivity index (χ0) is 14.8. The van der Waals surface area contributed by atoms with Crippen molar-refractivity contribution in [2.45, 2.75) is 12.8 Å². The van der Waals surface area contributed by atoms with Crippen LogP contribution in [0, 0.1) is 17.2 Å². The minimum absolute atomic E-state index is 0.0195. The Morgan fingerprint density at radius 3 is 2.85 bits per heavy atom. The van der Waals surface area contributed by atoms with Crippen molar-refractivity contribution in [1.29, 1.82) is 5.26 Å². The fourth-order valence-electron chi connectivity index (χ4n) is 2.35. The highest BCUT2D eigenvalue weighted by molar-refractivity contribution is 7.86. The summed E-state index contributed by atoms with van der Waals surface area (Å²) in [5, 5.41) is 8.66. The van der Waals surface area contributed by atoms with Crippen molar-refractivity contribution in [3.63, 3.8) is 0 Å². The lowest BCUT2D eigenvalue weighted by Crippen LogP contribution is -2.25. The Balaban J connectivity index is 2.16. The maximum atomic E-state index is 12.7. The number of nitriles is 1. The van der Waals surface area contributed by atoms with E-state index in [4.69, 9.17) is 5.26 Å².